The van der Waals surface area contributed by atoms with Gasteiger partial charge < -0.3 is 41.0 Å². The lowest BCUT2D eigenvalue weighted by Gasteiger charge is -2.35. The molecule has 12 nitrogen and oxygen atoms in total. The molecule has 0 aromatic heterocycles. The van der Waals surface area contributed by atoms with Gasteiger partial charge in [-0.2, -0.15) is 0 Å². The molecular weight excluding hydrogens is 671 g/mol. The monoisotopic (exact) mass is 725 g/mol. The van der Waals surface area contributed by atoms with Crippen molar-refractivity contribution in [2.24, 2.45) is 11.7 Å². The number of nitrogens with zero attached hydrogens (tertiary/aromatic N) is 1. The van der Waals surface area contributed by atoms with Crippen LogP contribution in [-0.2, 0) is 14.3 Å². The van der Waals surface area contributed by atoms with Crippen LogP contribution in [-0.4, -0.2) is 92.7 Å². The smallest absolute Gasteiger partial charge is 0.512 e. The highest BCUT2D eigenvalue weighted by Gasteiger charge is 2.31. The van der Waals surface area contributed by atoms with E-state index in [-0.39, 0.29) is 42.7 Å². The Hall–Kier alpha value is -4.60. The zero-order valence-corrected chi connectivity index (χ0v) is 30.3. The number of aldehydes is 1. The molecule has 1 aliphatic heterocycles. The van der Waals surface area contributed by atoms with Gasteiger partial charge in [0.05, 0.1) is 25.6 Å². The molecule has 7 N–H and O–H groups in total. The molecule has 1 aromatic carbocycles. The van der Waals surface area contributed by atoms with Crippen LogP contribution >= 0.6 is 0 Å². The summed E-state index contributed by atoms with van der Waals surface area (Å²) in [5.41, 5.74) is 7.07. The number of nitrogens with two attached hydrogens (primary N) is 1. The maximum atomic E-state index is 13.2. The number of carbonyl (C=O) groups excluding carboxylic acids is 3. The average Bonchev–Trinajstić information content (AvgIpc) is 3.06. The number of hydrogen-bond acceptors (Lipinski definition) is 10. The molecule has 15 heteroatoms. The molecule has 0 saturated carbocycles. The molecule has 0 aliphatic carbocycles. The third-order valence-electron chi connectivity index (χ3n) is 6.89. The number of alkyl halides is 3. The van der Waals surface area contributed by atoms with Crippen molar-refractivity contribution in [3.05, 3.63) is 89.1 Å². The molecule has 1 aromatic rings. The Morgan fingerprint density at radius 3 is 2.31 bits per heavy atom. The van der Waals surface area contributed by atoms with Gasteiger partial charge in [0, 0.05) is 43.0 Å². The number of rotatable bonds is 16. The molecule has 2 unspecified atom stereocenters. The predicted molar refractivity (Wildman–Crippen MR) is 191 cm³/mol. The normalized spacial score (nSPS) is 18.6. The second-order valence-corrected chi connectivity index (χ2v) is 11.3. The summed E-state index contributed by atoms with van der Waals surface area (Å²) in [6.07, 6.45) is 9.78. The standard InChI is InChI=1S/C25H41N3O3.C8H5F3O2.C3H8N2O2/c1-7-31-23(18-21(4)29)17-20(3)24-16-19(2)10-11-22(27-6)12-13-25(30)28(24)15-9-8-14-26-5;9-8(10,11)13-7-3-1-6(5-12)2-4-7;4-3(7)1-5-2-6/h10-13,17-18,20,24,26-27,29H,7-9,14-16H2,1-6H3;1-5H;5-6H,1-2H2,(H2,4,7)/b13-12+,19-10+,21-18+,22-11+,23-17+;;. The fourth-order valence-electron chi connectivity index (χ4n) is 4.52. The lowest BCUT2D eigenvalue weighted by Crippen LogP contribution is -2.44. The van der Waals surface area contributed by atoms with Gasteiger partial charge in [0.1, 0.15) is 17.8 Å². The van der Waals surface area contributed by atoms with E-state index in [1.54, 1.807) is 19.1 Å². The fraction of sp³-hybridized carbons (Fsp3) is 0.472. The third-order valence-corrected chi connectivity index (χ3v) is 6.89. The SMILES string of the molecule is CCOC(/C=C(\C)O)=C/C(C)C1C/C(C)=C/C=C(NC)\C=C\C(=O)N1CCCCNC.NC(=O)CNCO.O=Cc1ccc(OC(F)(F)F)cc1. The number of hydrogen-bond donors (Lipinski definition) is 6. The van der Waals surface area contributed by atoms with Gasteiger partial charge in [0.2, 0.25) is 11.8 Å². The van der Waals surface area contributed by atoms with Crippen LogP contribution < -0.4 is 26.4 Å². The van der Waals surface area contributed by atoms with E-state index in [4.69, 9.17) is 9.84 Å². The van der Waals surface area contributed by atoms with Gasteiger partial charge in [-0.1, -0.05) is 18.6 Å². The minimum atomic E-state index is -4.69. The number of benzene rings is 1. The molecule has 0 fully saturated rings. The van der Waals surface area contributed by atoms with Crippen LogP contribution in [0.3, 0.4) is 0 Å². The lowest BCUT2D eigenvalue weighted by atomic mass is 9.91. The molecule has 0 saturated heterocycles. The molecule has 1 aliphatic rings. The summed E-state index contributed by atoms with van der Waals surface area (Å²) in [4.78, 5) is 35.1. The minimum absolute atomic E-state index is 0.0115. The summed E-state index contributed by atoms with van der Waals surface area (Å²) in [7, 11) is 3.80. The van der Waals surface area contributed by atoms with Gasteiger partial charge >= 0.3 is 6.36 Å². The van der Waals surface area contributed by atoms with Crippen molar-refractivity contribution in [3.8, 4) is 5.75 Å². The van der Waals surface area contributed by atoms with Crippen molar-refractivity contribution in [1.29, 1.82) is 0 Å². The second-order valence-electron chi connectivity index (χ2n) is 11.3. The number of halogens is 3. The first kappa shape index (κ1) is 46.4. The lowest BCUT2D eigenvalue weighted by molar-refractivity contribution is -0.274. The molecule has 286 valence electrons. The van der Waals surface area contributed by atoms with Gasteiger partial charge in [-0.05, 0) is 102 Å². The highest BCUT2D eigenvalue weighted by atomic mass is 19.4. The number of likely N-dealkylation sites (N-methyl/N-ethyl adjacent to an activating group) is 1. The van der Waals surface area contributed by atoms with Gasteiger partial charge in [-0.3, -0.25) is 19.7 Å². The van der Waals surface area contributed by atoms with Crippen molar-refractivity contribution >= 4 is 18.1 Å². The Morgan fingerprint density at radius 2 is 1.82 bits per heavy atom. The molecule has 1 heterocycles. The number of aliphatic hydroxyl groups excluding tert-OH is 2. The van der Waals surface area contributed by atoms with Crippen LogP contribution in [0.4, 0.5) is 13.2 Å². The molecule has 0 bridgehead atoms. The summed E-state index contributed by atoms with van der Waals surface area (Å²) < 4.78 is 44.2. The largest absolute Gasteiger partial charge is 0.573 e. The zero-order valence-electron chi connectivity index (χ0n) is 30.3. The Morgan fingerprint density at radius 1 is 1.16 bits per heavy atom. The van der Waals surface area contributed by atoms with Crippen LogP contribution in [0, 0.1) is 5.92 Å². The summed E-state index contributed by atoms with van der Waals surface area (Å²) in [5, 5.41) is 26.3. The fourth-order valence-corrected chi connectivity index (χ4v) is 4.52. The number of amides is 2. The van der Waals surface area contributed by atoms with Gasteiger partial charge in [-0.15, -0.1) is 13.2 Å². The third kappa shape index (κ3) is 22.7. The predicted octanol–water partition coefficient (Wildman–Crippen LogP) is 4.62. The first-order valence-electron chi connectivity index (χ1n) is 16.4. The quantitative estimate of drug-likeness (QED) is 0.0464. The topological polar surface area (TPSA) is 175 Å². The highest BCUT2D eigenvalue weighted by molar-refractivity contribution is 5.88. The van der Waals surface area contributed by atoms with Crippen molar-refractivity contribution in [2.75, 3.05) is 47.1 Å². The van der Waals surface area contributed by atoms with Gasteiger partial charge in [0.25, 0.3) is 0 Å². The molecule has 51 heavy (non-hydrogen) atoms. The van der Waals surface area contributed by atoms with E-state index < -0.39 is 12.3 Å². The van der Waals surface area contributed by atoms with E-state index >= 15 is 0 Å². The average molecular weight is 726 g/mol. The van der Waals surface area contributed by atoms with E-state index in [0.717, 1.165) is 43.6 Å². The molecule has 0 radical (unpaired) electrons. The Labute approximate surface area is 298 Å². The summed E-state index contributed by atoms with van der Waals surface area (Å²) in [5.74, 6) is 0.0738. The van der Waals surface area contributed by atoms with Crippen LogP contribution in [0.15, 0.2) is 83.5 Å². The van der Waals surface area contributed by atoms with E-state index in [0.29, 0.717) is 30.8 Å². The van der Waals surface area contributed by atoms with Gasteiger partial charge in [-0.25, -0.2) is 0 Å². The minimum Gasteiger partial charge on any atom is -0.512 e. The molecule has 0 spiro atoms. The van der Waals surface area contributed by atoms with Crippen molar-refractivity contribution in [1.82, 2.24) is 20.9 Å². The second kappa shape index (κ2) is 26.2. The molecule has 2 amide bonds. The van der Waals surface area contributed by atoms with E-state index in [2.05, 4.69) is 46.3 Å². The number of nitrogens with one attached hydrogen (secondary N) is 3. The van der Waals surface area contributed by atoms with Crippen molar-refractivity contribution in [3.63, 3.8) is 0 Å². The summed E-state index contributed by atoms with van der Waals surface area (Å²) in [6.45, 7) is 9.72. The molecule has 2 atom stereocenters. The summed E-state index contributed by atoms with van der Waals surface area (Å²) in [6, 6.07) is 4.63. The maximum absolute atomic E-state index is 13.2. The van der Waals surface area contributed by atoms with Gasteiger partial charge in [0.15, 0.2) is 0 Å². The summed E-state index contributed by atoms with van der Waals surface area (Å²) >= 11 is 0. The number of unbranched alkanes of at least 4 members (excludes halogenated alkanes) is 1. The van der Waals surface area contributed by atoms with E-state index in [1.807, 2.05) is 44.1 Å². The van der Waals surface area contributed by atoms with Crippen LogP contribution in [0.5, 0.6) is 5.75 Å². The molecule has 2 rings (SSSR count). The number of aliphatic hydroxyl groups is 2. The van der Waals surface area contributed by atoms with Crippen LogP contribution in [0.1, 0.15) is 57.3 Å². The molecular formula is C36H54F3N5O7. The Balaban J connectivity index is 0.00000101. The number of ether oxygens (including phenoxy) is 2. The Kier molecular flexibility index (Phi) is 23.9. The van der Waals surface area contributed by atoms with Crippen molar-refractivity contribution < 1.29 is 47.2 Å². The van der Waals surface area contributed by atoms with Crippen molar-refractivity contribution in [2.45, 2.75) is 59.4 Å². The van der Waals surface area contributed by atoms with E-state index in [9.17, 15) is 32.7 Å². The Bertz CT molecular complexity index is 1340. The van der Waals surface area contributed by atoms with E-state index in [1.165, 1.54) is 17.7 Å². The first-order valence-corrected chi connectivity index (χ1v) is 16.4. The zero-order chi connectivity index (χ0) is 38.8. The maximum Gasteiger partial charge on any atom is 0.573 e. The number of primary amides is 1. The van der Waals surface area contributed by atoms with Crippen LogP contribution in [0.25, 0.3) is 0 Å². The van der Waals surface area contributed by atoms with Crippen LogP contribution in [0.2, 0.25) is 0 Å². The number of carbonyl (C=O) groups is 3. The highest BCUT2D eigenvalue weighted by Crippen LogP contribution is 2.25. The first-order chi connectivity index (χ1) is 24.1. The number of allylic oxidation sites excluding steroid dienone is 5.